The zero-order valence-electron chi connectivity index (χ0n) is 8.72. The molecule has 0 saturated heterocycles. The fourth-order valence-corrected chi connectivity index (χ4v) is 1.47. The summed E-state index contributed by atoms with van der Waals surface area (Å²) in [6.07, 6.45) is -0.935. The van der Waals surface area contributed by atoms with Gasteiger partial charge in [0.25, 0.3) is 5.69 Å². The average Bonchev–Trinajstić information content (AvgIpc) is 2.71. The van der Waals surface area contributed by atoms with Crippen molar-refractivity contribution >= 4 is 16.7 Å². The molecule has 0 radical (unpaired) electrons. The van der Waals surface area contributed by atoms with E-state index >= 15 is 0 Å². The van der Waals surface area contributed by atoms with Crippen LogP contribution < -0.4 is 0 Å². The Morgan fingerprint density at radius 3 is 2.94 bits per heavy atom. The number of fused-ring (bicyclic) bond motifs is 1. The van der Waals surface area contributed by atoms with E-state index in [1.807, 2.05) is 0 Å². The maximum Gasteiger partial charge on any atom is 0.271 e. The van der Waals surface area contributed by atoms with Gasteiger partial charge < -0.3 is 10.2 Å². The summed E-state index contributed by atoms with van der Waals surface area (Å²) in [6, 6.07) is 4.16. The molecule has 90 valence electrons. The number of hydrogen-bond donors (Lipinski definition) is 2. The number of aromatic nitrogens is 3. The number of rotatable bonds is 4. The molecule has 1 aromatic heterocycles. The number of non-ortho nitro benzene ring substituents is 1. The lowest BCUT2D eigenvalue weighted by Gasteiger charge is -2.06. The zero-order chi connectivity index (χ0) is 12.4. The van der Waals surface area contributed by atoms with Gasteiger partial charge in [-0.05, 0) is 6.07 Å². The van der Waals surface area contributed by atoms with Gasteiger partial charge in [-0.15, -0.1) is 5.10 Å². The predicted molar refractivity (Wildman–Crippen MR) is 57.3 cm³/mol. The van der Waals surface area contributed by atoms with Crippen molar-refractivity contribution in [2.45, 2.75) is 12.6 Å². The molecule has 2 rings (SSSR count). The van der Waals surface area contributed by atoms with Crippen LogP contribution in [0.15, 0.2) is 18.2 Å². The van der Waals surface area contributed by atoms with Crippen LogP contribution in [0.5, 0.6) is 0 Å². The lowest BCUT2D eigenvalue weighted by molar-refractivity contribution is -0.384. The first kappa shape index (κ1) is 11.4. The van der Waals surface area contributed by atoms with Gasteiger partial charge in [-0.1, -0.05) is 5.21 Å². The lowest BCUT2D eigenvalue weighted by atomic mass is 10.2. The van der Waals surface area contributed by atoms with Gasteiger partial charge in [-0.3, -0.25) is 10.1 Å². The van der Waals surface area contributed by atoms with Gasteiger partial charge in [0.1, 0.15) is 5.52 Å². The third-order valence-corrected chi connectivity index (χ3v) is 2.30. The molecule has 0 aliphatic carbocycles. The van der Waals surface area contributed by atoms with Crippen LogP contribution in [0.25, 0.3) is 11.0 Å². The van der Waals surface area contributed by atoms with E-state index in [4.69, 9.17) is 5.11 Å². The Labute approximate surface area is 95.2 Å². The van der Waals surface area contributed by atoms with Crippen LogP contribution in [0.4, 0.5) is 5.69 Å². The van der Waals surface area contributed by atoms with E-state index < -0.39 is 11.0 Å². The van der Waals surface area contributed by atoms with Crippen molar-refractivity contribution in [3.8, 4) is 0 Å². The topological polar surface area (TPSA) is 114 Å². The molecule has 0 saturated carbocycles. The second-order valence-electron chi connectivity index (χ2n) is 3.54. The van der Waals surface area contributed by atoms with E-state index in [0.29, 0.717) is 11.0 Å². The summed E-state index contributed by atoms with van der Waals surface area (Å²) >= 11 is 0. The molecule has 2 N–H and O–H groups in total. The second kappa shape index (κ2) is 4.44. The minimum atomic E-state index is -0.935. The summed E-state index contributed by atoms with van der Waals surface area (Å²) in [5.41, 5.74) is 0.889. The van der Waals surface area contributed by atoms with Crippen LogP contribution >= 0.6 is 0 Å². The molecule has 8 heteroatoms. The van der Waals surface area contributed by atoms with Crippen molar-refractivity contribution in [1.29, 1.82) is 0 Å². The maximum atomic E-state index is 10.6. The number of aliphatic hydroxyl groups excluding tert-OH is 2. The molecule has 0 aliphatic rings. The van der Waals surface area contributed by atoms with Crippen LogP contribution in [-0.4, -0.2) is 42.8 Å². The lowest BCUT2D eigenvalue weighted by Crippen LogP contribution is -2.20. The highest BCUT2D eigenvalue weighted by Gasteiger charge is 2.12. The van der Waals surface area contributed by atoms with Crippen molar-refractivity contribution in [3.05, 3.63) is 28.3 Å². The Kier molecular flexibility index (Phi) is 2.98. The Hall–Kier alpha value is -2.06. The van der Waals surface area contributed by atoms with E-state index in [-0.39, 0.29) is 18.8 Å². The summed E-state index contributed by atoms with van der Waals surface area (Å²) in [5.74, 6) is 0. The first-order valence-electron chi connectivity index (χ1n) is 4.88. The first-order valence-corrected chi connectivity index (χ1v) is 4.88. The molecule has 1 unspecified atom stereocenters. The normalized spacial score (nSPS) is 12.8. The summed E-state index contributed by atoms with van der Waals surface area (Å²) in [5, 5.41) is 36.1. The van der Waals surface area contributed by atoms with Crippen molar-refractivity contribution in [2.75, 3.05) is 6.61 Å². The fourth-order valence-electron chi connectivity index (χ4n) is 1.47. The first-order chi connectivity index (χ1) is 8.11. The minimum absolute atomic E-state index is 0.0627. The van der Waals surface area contributed by atoms with Gasteiger partial charge in [0, 0.05) is 12.1 Å². The van der Waals surface area contributed by atoms with Gasteiger partial charge in [0.2, 0.25) is 0 Å². The van der Waals surface area contributed by atoms with Crippen molar-refractivity contribution < 1.29 is 15.1 Å². The van der Waals surface area contributed by atoms with Crippen LogP contribution in [0, 0.1) is 10.1 Å². The van der Waals surface area contributed by atoms with E-state index in [2.05, 4.69) is 10.3 Å². The summed E-state index contributed by atoms with van der Waals surface area (Å²) in [7, 11) is 0. The molecule has 0 spiro atoms. The molecular formula is C9H10N4O4. The minimum Gasteiger partial charge on any atom is -0.394 e. The number of nitro benzene ring substituents is 1. The standard InChI is InChI=1S/C9H10N4O4/c14-5-7(15)4-12-9-2-1-6(13(16)17)3-8(9)10-11-12/h1-3,7,14-15H,4-5H2. The predicted octanol–water partition coefficient (Wildman–Crippen LogP) is -0.307. The summed E-state index contributed by atoms with van der Waals surface area (Å²) < 4.78 is 1.39. The van der Waals surface area contributed by atoms with E-state index in [1.165, 1.54) is 22.9 Å². The highest BCUT2D eigenvalue weighted by molar-refractivity contribution is 5.76. The average molecular weight is 238 g/mol. The van der Waals surface area contributed by atoms with Gasteiger partial charge in [-0.2, -0.15) is 0 Å². The summed E-state index contributed by atoms with van der Waals surface area (Å²) in [6.45, 7) is -0.293. The molecule has 2 aromatic rings. The molecule has 0 aliphatic heterocycles. The molecule has 1 aromatic carbocycles. The largest absolute Gasteiger partial charge is 0.394 e. The molecule has 17 heavy (non-hydrogen) atoms. The van der Waals surface area contributed by atoms with Gasteiger partial charge >= 0.3 is 0 Å². The number of nitrogens with zero attached hydrogens (tertiary/aromatic N) is 4. The molecule has 1 atom stereocenters. The van der Waals surface area contributed by atoms with Crippen molar-refractivity contribution in [1.82, 2.24) is 15.0 Å². The maximum absolute atomic E-state index is 10.6. The molecule has 1 heterocycles. The van der Waals surface area contributed by atoms with Crippen molar-refractivity contribution in [2.24, 2.45) is 0 Å². The van der Waals surface area contributed by atoms with Gasteiger partial charge in [-0.25, -0.2) is 4.68 Å². The molecular weight excluding hydrogens is 228 g/mol. The Bertz CT molecular complexity index is 553. The molecule has 0 amide bonds. The van der Waals surface area contributed by atoms with E-state index in [0.717, 1.165) is 0 Å². The van der Waals surface area contributed by atoms with E-state index in [1.54, 1.807) is 0 Å². The van der Waals surface area contributed by atoms with E-state index in [9.17, 15) is 15.2 Å². The number of nitro groups is 1. The summed E-state index contributed by atoms with van der Waals surface area (Å²) in [4.78, 5) is 10.0. The third-order valence-electron chi connectivity index (χ3n) is 2.30. The SMILES string of the molecule is O=[N+]([O-])c1ccc2c(c1)nnn2CC(O)CO. The number of aliphatic hydroxyl groups is 2. The Balaban J connectivity index is 2.38. The molecule has 0 bridgehead atoms. The highest BCUT2D eigenvalue weighted by Crippen LogP contribution is 2.18. The Morgan fingerprint density at radius 1 is 1.53 bits per heavy atom. The van der Waals surface area contributed by atoms with Crippen LogP contribution in [-0.2, 0) is 6.54 Å². The molecule has 8 nitrogen and oxygen atoms in total. The van der Waals surface area contributed by atoms with Gasteiger partial charge in [0.05, 0.1) is 29.7 Å². The quantitative estimate of drug-likeness (QED) is 0.558. The zero-order valence-corrected chi connectivity index (χ0v) is 8.72. The second-order valence-corrected chi connectivity index (χ2v) is 3.54. The van der Waals surface area contributed by atoms with Crippen LogP contribution in [0.3, 0.4) is 0 Å². The molecule has 0 fully saturated rings. The van der Waals surface area contributed by atoms with Gasteiger partial charge in [0.15, 0.2) is 0 Å². The fraction of sp³-hybridized carbons (Fsp3) is 0.333. The third kappa shape index (κ3) is 2.22. The smallest absolute Gasteiger partial charge is 0.271 e. The number of benzene rings is 1. The van der Waals surface area contributed by atoms with Crippen molar-refractivity contribution in [3.63, 3.8) is 0 Å². The Morgan fingerprint density at radius 2 is 2.29 bits per heavy atom. The van der Waals surface area contributed by atoms with Crippen LogP contribution in [0.1, 0.15) is 0 Å². The monoisotopic (exact) mass is 238 g/mol. The highest BCUT2D eigenvalue weighted by atomic mass is 16.6. The number of hydrogen-bond acceptors (Lipinski definition) is 6. The van der Waals surface area contributed by atoms with Crippen LogP contribution in [0.2, 0.25) is 0 Å².